The fourth-order valence-electron chi connectivity index (χ4n) is 3.54. The average molecular weight is 408 g/mol. The van der Waals surface area contributed by atoms with Crippen molar-refractivity contribution in [1.29, 1.82) is 0 Å². The Morgan fingerprint density at radius 2 is 2.10 bits per heavy atom. The maximum absolute atomic E-state index is 12.9. The second-order valence-electron chi connectivity index (χ2n) is 6.95. The number of fused-ring (bicyclic) bond motifs is 1. The van der Waals surface area contributed by atoms with Crippen LogP contribution in [-0.2, 0) is 20.4 Å². The Bertz CT molecular complexity index is 931. The molecule has 1 saturated heterocycles. The van der Waals surface area contributed by atoms with E-state index < -0.39 is 23.8 Å². The van der Waals surface area contributed by atoms with Gasteiger partial charge in [-0.3, -0.25) is 0 Å². The number of hydrogen-bond donors (Lipinski definition) is 1. The van der Waals surface area contributed by atoms with Gasteiger partial charge < -0.3 is 14.8 Å². The Morgan fingerprint density at radius 3 is 2.76 bits per heavy atom. The summed E-state index contributed by atoms with van der Waals surface area (Å²) in [6.07, 6.45) is -1.53. The highest BCUT2D eigenvalue weighted by Gasteiger charge is 2.36. The lowest BCUT2D eigenvalue weighted by Gasteiger charge is -2.28. The first kappa shape index (κ1) is 19.4. The second-order valence-corrected chi connectivity index (χ2v) is 6.95. The molecule has 2 aliphatic heterocycles. The molecule has 29 heavy (non-hydrogen) atoms. The first-order chi connectivity index (χ1) is 13.8. The molecule has 0 amide bonds. The van der Waals surface area contributed by atoms with Gasteiger partial charge in [0.1, 0.15) is 19.0 Å². The molecule has 2 atom stereocenters. The van der Waals surface area contributed by atoms with E-state index in [9.17, 15) is 18.0 Å². The number of esters is 1. The van der Waals surface area contributed by atoms with Crippen LogP contribution in [0.3, 0.4) is 0 Å². The van der Waals surface area contributed by atoms with E-state index in [1.807, 2.05) is 0 Å². The van der Waals surface area contributed by atoms with Crippen molar-refractivity contribution in [2.45, 2.75) is 38.1 Å². The normalized spacial score (nSPS) is 21.7. The number of carbonyl (C=O) groups is 1. The van der Waals surface area contributed by atoms with Gasteiger partial charge in [-0.2, -0.15) is 23.3 Å². The molecule has 1 N–H and O–H groups in total. The van der Waals surface area contributed by atoms with E-state index in [-0.39, 0.29) is 18.3 Å². The van der Waals surface area contributed by atoms with Gasteiger partial charge in [0.25, 0.3) is 0 Å². The van der Waals surface area contributed by atoms with Crippen LogP contribution in [0.2, 0.25) is 0 Å². The fourth-order valence-corrected chi connectivity index (χ4v) is 3.54. The van der Waals surface area contributed by atoms with Gasteiger partial charge in [0.05, 0.1) is 17.2 Å². The van der Waals surface area contributed by atoms with Crippen LogP contribution >= 0.6 is 0 Å². The van der Waals surface area contributed by atoms with E-state index in [1.54, 1.807) is 6.92 Å². The number of rotatable bonds is 4. The lowest BCUT2D eigenvalue weighted by Crippen LogP contribution is -2.31. The predicted octanol–water partition coefficient (Wildman–Crippen LogP) is 3.31. The van der Waals surface area contributed by atoms with E-state index in [0.717, 1.165) is 25.0 Å². The standard InChI is InChI=1S/C19H19F3N4O3/c1-11-15(17(27)29-9-14-3-2-8-28-14)16(26-18(25-11)23-10-24-26)12-4-6-13(7-5-12)19(20,21)22/h4-7,10,14,16H,2-3,8-9H2,1H3,(H,23,24,25). The van der Waals surface area contributed by atoms with Crippen molar-refractivity contribution < 1.29 is 27.4 Å². The van der Waals surface area contributed by atoms with E-state index in [2.05, 4.69) is 15.4 Å². The number of carbonyl (C=O) groups excluding carboxylic acids is 1. The maximum Gasteiger partial charge on any atom is 0.416 e. The summed E-state index contributed by atoms with van der Waals surface area (Å²) in [5.41, 5.74) is 0.473. The molecule has 4 rings (SSSR count). The van der Waals surface area contributed by atoms with Crippen LogP contribution in [0.15, 0.2) is 41.9 Å². The maximum atomic E-state index is 12.9. The summed E-state index contributed by atoms with van der Waals surface area (Å²) < 4.78 is 51.2. The molecule has 3 heterocycles. The number of ether oxygens (including phenoxy) is 2. The van der Waals surface area contributed by atoms with Gasteiger partial charge in [-0.15, -0.1) is 0 Å². The Hall–Kier alpha value is -2.88. The second kappa shape index (κ2) is 7.51. The molecular weight excluding hydrogens is 389 g/mol. The first-order valence-corrected chi connectivity index (χ1v) is 9.18. The lowest BCUT2D eigenvalue weighted by atomic mass is 9.95. The molecule has 0 bridgehead atoms. The van der Waals surface area contributed by atoms with Crippen LogP contribution in [0, 0.1) is 0 Å². The van der Waals surface area contributed by atoms with E-state index >= 15 is 0 Å². The number of nitrogens with zero attached hydrogens (tertiary/aromatic N) is 3. The summed E-state index contributed by atoms with van der Waals surface area (Å²) in [5.74, 6) is -0.181. The number of aromatic nitrogens is 3. The van der Waals surface area contributed by atoms with Crippen molar-refractivity contribution in [3.63, 3.8) is 0 Å². The Labute approximate surface area is 164 Å². The fraction of sp³-hybridized carbons (Fsp3) is 0.421. The zero-order valence-electron chi connectivity index (χ0n) is 15.6. The van der Waals surface area contributed by atoms with Gasteiger partial charge >= 0.3 is 12.1 Å². The van der Waals surface area contributed by atoms with Crippen molar-refractivity contribution in [3.05, 3.63) is 53.0 Å². The van der Waals surface area contributed by atoms with Gasteiger partial charge in [-0.25, -0.2) is 9.48 Å². The van der Waals surface area contributed by atoms with Crippen molar-refractivity contribution in [1.82, 2.24) is 14.8 Å². The van der Waals surface area contributed by atoms with Crippen molar-refractivity contribution >= 4 is 11.9 Å². The van der Waals surface area contributed by atoms with Crippen LogP contribution in [0.25, 0.3) is 0 Å². The van der Waals surface area contributed by atoms with Crippen LogP contribution < -0.4 is 5.32 Å². The summed E-state index contributed by atoms with van der Waals surface area (Å²) >= 11 is 0. The minimum absolute atomic E-state index is 0.125. The monoisotopic (exact) mass is 408 g/mol. The first-order valence-electron chi connectivity index (χ1n) is 9.18. The molecule has 0 saturated carbocycles. The van der Waals surface area contributed by atoms with Crippen LogP contribution in [0.1, 0.15) is 36.9 Å². The summed E-state index contributed by atoms with van der Waals surface area (Å²) in [6.45, 7) is 2.46. The highest BCUT2D eigenvalue weighted by Crippen LogP contribution is 2.37. The zero-order chi connectivity index (χ0) is 20.6. The van der Waals surface area contributed by atoms with Crippen LogP contribution in [0.4, 0.5) is 19.1 Å². The third kappa shape index (κ3) is 3.84. The van der Waals surface area contributed by atoms with Crippen LogP contribution in [-0.4, -0.2) is 40.1 Å². The minimum Gasteiger partial charge on any atom is -0.459 e. The van der Waals surface area contributed by atoms with Gasteiger partial charge in [-0.1, -0.05) is 12.1 Å². The summed E-state index contributed by atoms with van der Waals surface area (Å²) in [7, 11) is 0. The van der Waals surface area contributed by atoms with E-state index in [0.29, 0.717) is 23.8 Å². The molecule has 154 valence electrons. The molecule has 0 radical (unpaired) electrons. The highest BCUT2D eigenvalue weighted by atomic mass is 19.4. The largest absolute Gasteiger partial charge is 0.459 e. The molecular formula is C19H19F3N4O3. The zero-order valence-corrected chi connectivity index (χ0v) is 15.6. The van der Waals surface area contributed by atoms with Crippen molar-refractivity contribution in [2.24, 2.45) is 0 Å². The molecule has 7 nitrogen and oxygen atoms in total. The van der Waals surface area contributed by atoms with E-state index in [4.69, 9.17) is 9.47 Å². The number of allylic oxidation sites excluding steroid dienone is 1. The predicted molar refractivity (Wildman–Crippen MR) is 95.9 cm³/mol. The SMILES string of the molecule is CC1=C(C(=O)OCC2CCCO2)C(c2ccc(C(F)(F)F)cc2)n2ncnc2N1. The molecule has 0 spiro atoms. The number of hydrogen-bond acceptors (Lipinski definition) is 6. The molecule has 0 aliphatic carbocycles. The Balaban J connectivity index is 1.65. The van der Waals surface area contributed by atoms with Crippen molar-refractivity contribution in [3.8, 4) is 0 Å². The smallest absolute Gasteiger partial charge is 0.416 e. The topological polar surface area (TPSA) is 78.3 Å². The minimum atomic E-state index is -4.44. The van der Waals surface area contributed by atoms with Gasteiger partial charge in [0, 0.05) is 12.3 Å². The molecule has 10 heteroatoms. The third-order valence-corrected chi connectivity index (χ3v) is 4.99. The molecule has 1 fully saturated rings. The lowest BCUT2D eigenvalue weighted by molar-refractivity contribution is -0.143. The molecule has 2 aromatic rings. The summed E-state index contributed by atoms with van der Waals surface area (Å²) in [5, 5.41) is 7.14. The third-order valence-electron chi connectivity index (χ3n) is 4.99. The quantitative estimate of drug-likeness (QED) is 0.783. The average Bonchev–Trinajstić information content (AvgIpc) is 3.36. The van der Waals surface area contributed by atoms with Crippen LogP contribution in [0.5, 0.6) is 0 Å². The van der Waals surface area contributed by atoms with E-state index in [1.165, 1.54) is 23.1 Å². The van der Waals surface area contributed by atoms with Gasteiger partial charge in [0.15, 0.2) is 0 Å². The number of halogens is 3. The Kier molecular flexibility index (Phi) is 5.03. The summed E-state index contributed by atoms with van der Waals surface area (Å²) in [6, 6.07) is 3.89. The number of nitrogens with one attached hydrogen (secondary N) is 1. The molecule has 1 aromatic heterocycles. The number of alkyl halides is 3. The number of anilines is 1. The summed E-state index contributed by atoms with van der Waals surface area (Å²) in [4.78, 5) is 17.0. The van der Waals surface area contributed by atoms with Gasteiger partial charge in [-0.05, 0) is 37.5 Å². The highest BCUT2D eigenvalue weighted by molar-refractivity contribution is 5.92. The Morgan fingerprint density at radius 1 is 1.34 bits per heavy atom. The van der Waals surface area contributed by atoms with Gasteiger partial charge in [0.2, 0.25) is 5.95 Å². The molecule has 2 aliphatic rings. The molecule has 1 aromatic carbocycles. The number of benzene rings is 1. The molecule has 2 unspecified atom stereocenters. The van der Waals surface area contributed by atoms with Crippen molar-refractivity contribution in [2.75, 3.05) is 18.5 Å².